The van der Waals surface area contributed by atoms with Crippen LogP contribution in [0.4, 0.5) is 5.69 Å². The molecule has 2 aromatic rings. The Balaban J connectivity index is 1.57. The number of aromatic carboxylic acids is 1. The van der Waals surface area contributed by atoms with Gasteiger partial charge in [0.05, 0.1) is 17.9 Å². The third kappa shape index (κ3) is 3.61. The van der Waals surface area contributed by atoms with E-state index < -0.39 is 5.97 Å². The summed E-state index contributed by atoms with van der Waals surface area (Å²) in [5.74, 6) is 0.940. The second kappa shape index (κ2) is 7.90. The van der Waals surface area contributed by atoms with Crippen LogP contribution in [-0.4, -0.2) is 30.8 Å². The Morgan fingerprint density at radius 2 is 2.16 bits per heavy atom. The van der Waals surface area contributed by atoms with E-state index in [9.17, 15) is 9.90 Å². The topological polar surface area (TPSA) is 49.8 Å². The van der Waals surface area contributed by atoms with Gasteiger partial charge in [-0.1, -0.05) is 23.7 Å². The van der Waals surface area contributed by atoms with E-state index in [1.54, 1.807) is 12.1 Å². The van der Waals surface area contributed by atoms with Gasteiger partial charge in [0, 0.05) is 23.5 Å². The number of benzene rings is 2. The molecule has 5 heteroatoms. The van der Waals surface area contributed by atoms with Gasteiger partial charge < -0.3 is 14.7 Å². The summed E-state index contributed by atoms with van der Waals surface area (Å²) in [5.41, 5.74) is 3.70. The molecule has 1 N–H and O–H groups in total. The van der Waals surface area contributed by atoms with Gasteiger partial charge >= 0.3 is 5.97 Å². The number of hydrogen-bond donors (Lipinski definition) is 1. The minimum atomic E-state index is -0.910. The van der Waals surface area contributed by atoms with Crippen LogP contribution < -0.4 is 9.64 Å². The first kappa shape index (κ1) is 20.4. The zero-order valence-electron chi connectivity index (χ0n) is 17.6. The Morgan fingerprint density at radius 3 is 2.90 bits per heavy atom. The number of nitrogens with zero attached hydrogens (tertiary/aromatic N) is 1. The molecule has 2 aliphatic carbocycles. The number of carboxylic acids is 1. The maximum absolute atomic E-state index is 11.7. The second-order valence-corrected chi connectivity index (χ2v) is 9.77. The molecular weight excluding hydrogens is 410 g/mol. The average molecular weight is 438 g/mol. The van der Waals surface area contributed by atoms with Crippen molar-refractivity contribution in [2.45, 2.75) is 37.5 Å². The molecule has 4 nitrogen and oxygen atoms in total. The van der Waals surface area contributed by atoms with E-state index in [1.165, 1.54) is 24.0 Å². The van der Waals surface area contributed by atoms with E-state index in [0.717, 1.165) is 48.8 Å². The molecule has 3 atom stereocenters. The summed E-state index contributed by atoms with van der Waals surface area (Å²) in [4.78, 5) is 14.1. The van der Waals surface area contributed by atoms with Crippen LogP contribution in [0.3, 0.4) is 0 Å². The first-order chi connectivity index (χ1) is 15.0. The van der Waals surface area contributed by atoms with Crippen molar-refractivity contribution in [3.8, 4) is 5.75 Å². The third-order valence-corrected chi connectivity index (χ3v) is 7.75. The lowest BCUT2D eigenvalue weighted by molar-refractivity contribution is 0.0697. The van der Waals surface area contributed by atoms with Gasteiger partial charge in [0.1, 0.15) is 5.75 Å². The predicted molar refractivity (Wildman–Crippen MR) is 124 cm³/mol. The van der Waals surface area contributed by atoms with Crippen LogP contribution in [0.5, 0.6) is 5.75 Å². The molecule has 2 aromatic carbocycles. The number of hydrogen-bond acceptors (Lipinski definition) is 3. The van der Waals surface area contributed by atoms with Gasteiger partial charge in [0.15, 0.2) is 0 Å². The van der Waals surface area contributed by atoms with Crippen molar-refractivity contribution in [2.75, 3.05) is 24.6 Å². The van der Waals surface area contributed by atoms with Gasteiger partial charge in [0.2, 0.25) is 0 Å². The fourth-order valence-corrected chi connectivity index (χ4v) is 5.86. The Bertz CT molecular complexity index is 1040. The monoisotopic (exact) mass is 437 g/mol. The number of ether oxygens (including phenoxy) is 1. The molecule has 162 valence electrons. The zero-order chi connectivity index (χ0) is 21.6. The highest BCUT2D eigenvalue weighted by atomic mass is 35.5. The zero-order valence-corrected chi connectivity index (χ0v) is 18.4. The number of aryl methyl sites for hydroxylation is 1. The number of halogens is 1. The molecule has 31 heavy (non-hydrogen) atoms. The summed E-state index contributed by atoms with van der Waals surface area (Å²) in [5, 5.41) is 10.4. The number of carboxylic acid groups (broad SMARTS) is 1. The molecule has 1 spiro atoms. The van der Waals surface area contributed by atoms with Gasteiger partial charge in [-0.25, -0.2) is 4.79 Å². The Morgan fingerprint density at radius 1 is 1.29 bits per heavy atom. The SMILES string of the molecule is C=C[C@@H]1CC[C@H]1CN1CC2(CCCc3cc(Cl)ccc32)COc2ccc(C(=O)O)cc21. The van der Waals surface area contributed by atoms with E-state index in [4.69, 9.17) is 16.3 Å². The number of allylic oxidation sites excluding steroid dienone is 1. The minimum Gasteiger partial charge on any atom is -0.490 e. The van der Waals surface area contributed by atoms with E-state index >= 15 is 0 Å². The van der Waals surface area contributed by atoms with Crippen LogP contribution in [0.1, 0.15) is 47.2 Å². The van der Waals surface area contributed by atoms with Crippen molar-refractivity contribution in [3.63, 3.8) is 0 Å². The molecule has 1 saturated carbocycles. The molecule has 3 aliphatic rings. The molecule has 0 amide bonds. The molecule has 5 rings (SSSR count). The highest BCUT2D eigenvalue weighted by Crippen LogP contribution is 2.46. The van der Waals surface area contributed by atoms with Gasteiger partial charge in [-0.05, 0) is 85.4 Å². The number of anilines is 1. The smallest absolute Gasteiger partial charge is 0.335 e. The third-order valence-electron chi connectivity index (χ3n) is 7.52. The van der Waals surface area contributed by atoms with Crippen molar-refractivity contribution in [1.29, 1.82) is 0 Å². The number of fused-ring (bicyclic) bond motifs is 3. The van der Waals surface area contributed by atoms with Gasteiger partial charge in [-0.15, -0.1) is 6.58 Å². The first-order valence-corrected chi connectivity index (χ1v) is 11.5. The van der Waals surface area contributed by atoms with Crippen LogP contribution in [0.2, 0.25) is 5.02 Å². The van der Waals surface area contributed by atoms with E-state index in [1.807, 2.05) is 12.1 Å². The lowest BCUT2D eigenvalue weighted by atomic mass is 9.69. The largest absolute Gasteiger partial charge is 0.490 e. The van der Waals surface area contributed by atoms with Gasteiger partial charge in [0.25, 0.3) is 0 Å². The molecule has 0 bridgehead atoms. The lowest BCUT2D eigenvalue weighted by Crippen LogP contribution is -2.48. The maximum Gasteiger partial charge on any atom is 0.335 e. The van der Waals surface area contributed by atoms with Crippen molar-refractivity contribution in [1.82, 2.24) is 0 Å². The highest BCUT2D eigenvalue weighted by molar-refractivity contribution is 6.30. The van der Waals surface area contributed by atoms with Gasteiger partial charge in [-0.2, -0.15) is 0 Å². The highest BCUT2D eigenvalue weighted by Gasteiger charge is 2.43. The Hall–Kier alpha value is -2.46. The fraction of sp³-hybridized carbons (Fsp3) is 0.423. The standard InChI is InChI=1S/C26H28ClNO3/c1-2-17-5-6-20(17)14-28-15-26(11-3-4-18-12-21(27)8-9-22(18)26)16-31-24-10-7-19(25(29)30)13-23(24)28/h2,7-10,12-13,17,20H,1,3-6,11,14-16H2,(H,29,30)/t17-,20+,26?/m1/s1. The maximum atomic E-state index is 11.7. The summed E-state index contributed by atoms with van der Waals surface area (Å²) in [7, 11) is 0. The van der Waals surface area contributed by atoms with Crippen molar-refractivity contribution >= 4 is 23.3 Å². The molecular formula is C26H28ClNO3. The minimum absolute atomic E-state index is 0.131. The molecule has 1 aliphatic heterocycles. The van der Waals surface area contributed by atoms with Crippen LogP contribution in [0.25, 0.3) is 0 Å². The summed E-state index contributed by atoms with van der Waals surface area (Å²) < 4.78 is 6.39. The van der Waals surface area contributed by atoms with E-state index in [-0.39, 0.29) is 5.41 Å². The van der Waals surface area contributed by atoms with Crippen LogP contribution in [0, 0.1) is 11.8 Å². The van der Waals surface area contributed by atoms with Gasteiger partial charge in [-0.3, -0.25) is 0 Å². The summed E-state index contributed by atoms with van der Waals surface area (Å²) >= 11 is 6.31. The quantitative estimate of drug-likeness (QED) is 0.621. The number of carbonyl (C=O) groups is 1. The lowest BCUT2D eigenvalue weighted by Gasteiger charge is -2.44. The Kier molecular flexibility index (Phi) is 5.21. The van der Waals surface area contributed by atoms with Crippen LogP contribution in [-0.2, 0) is 11.8 Å². The Labute approximate surface area is 188 Å². The van der Waals surface area contributed by atoms with Crippen molar-refractivity contribution in [3.05, 3.63) is 70.8 Å². The molecule has 0 aromatic heterocycles. The summed E-state index contributed by atoms with van der Waals surface area (Å²) in [6.07, 6.45) is 7.63. The molecule has 0 radical (unpaired) electrons. The molecule has 1 fully saturated rings. The molecule has 0 saturated heterocycles. The van der Waals surface area contributed by atoms with E-state index in [2.05, 4.69) is 29.7 Å². The second-order valence-electron chi connectivity index (χ2n) is 9.33. The molecule has 1 unspecified atom stereocenters. The molecule has 1 heterocycles. The predicted octanol–water partition coefficient (Wildman–Crippen LogP) is 5.72. The summed E-state index contributed by atoms with van der Waals surface area (Å²) in [6, 6.07) is 11.5. The fourth-order valence-electron chi connectivity index (χ4n) is 5.66. The van der Waals surface area contributed by atoms with Crippen molar-refractivity contribution in [2.24, 2.45) is 11.8 Å². The van der Waals surface area contributed by atoms with E-state index in [0.29, 0.717) is 24.0 Å². The summed E-state index contributed by atoms with van der Waals surface area (Å²) in [6.45, 7) is 6.31. The normalized spacial score (nSPS) is 26.8. The van der Waals surface area contributed by atoms with Crippen LogP contribution >= 0.6 is 11.6 Å². The first-order valence-electron chi connectivity index (χ1n) is 11.2. The average Bonchev–Trinajstić information content (AvgIpc) is 2.89. The van der Waals surface area contributed by atoms with Crippen molar-refractivity contribution < 1.29 is 14.6 Å². The number of rotatable bonds is 4. The van der Waals surface area contributed by atoms with Crippen LogP contribution in [0.15, 0.2) is 49.1 Å².